The molecule has 0 spiro atoms. The Bertz CT molecular complexity index is 473. The first-order chi connectivity index (χ1) is 8.75. The van der Waals surface area contributed by atoms with Crippen molar-refractivity contribution < 1.29 is 0 Å². The Hall–Kier alpha value is -1.38. The molecule has 2 aromatic rings. The summed E-state index contributed by atoms with van der Waals surface area (Å²) in [4.78, 5) is 1.43. The van der Waals surface area contributed by atoms with E-state index in [9.17, 15) is 0 Å². The van der Waals surface area contributed by atoms with E-state index in [0.717, 1.165) is 18.5 Å². The molecule has 1 atom stereocenters. The molecular formula is C16H19NS. The molecule has 0 aliphatic carbocycles. The summed E-state index contributed by atoms with van der Waals surface area (Å²) in [6.45, 7) is 7.20. The lowest BCUT2D eigenvalue weighted by Crippen LogP contribution is -2.29. The fourth-order valence-corrected chi connectivity index (χ4v) is 2.71. The van der Waals surface area contributed by atoms with Gasteiger partial charge in [0.1, 0.15) is 0 Å². The zero-order valence-corrected chi connectivity index (χ0v) is 11.5. The highest BCUT2D eigenvalue weighted by atomic mass is 32.1. The SMILES string of the molecule is C=C(CNC(C)Cc1cccs1)c1ccccc1. The largest absolute Gasteiger partial charge is 0.310 e. The van der Waals surface area contributed by atoms with Crippen molar-refractivity contribution in [3.8, 4) is 0 Å². The van der Waals surface area contributed by atoms with Crippen molar-refractivity contribution in [2.24, 2.45) is 0 Å². The van der Waals surface area contributed by atoms with E-state index >= 15 is 0 Å². The smallest absolute Gasteiger partial charge is 0.0208 e. The minimum absolute atomic E-state index is 0.476. The van der Waals surface area contributed by atoms with Gasteiger partial charge in [-0.3, -0.25) is 0 Å². The van der Waals surface area contributed by atoms with Crippen LogP contribution in [0.1, 0.15) is 17.4 Å². The van der Waals surface area contributed by atoms with Crippen LogP contribution >= 0.6 is 11.3 Å². The van der Waals surface area contributed by atoms with E-state index in [1.807, 2.05) is 17.4 Å². The molecule has 0 saturated carbocycles. The van der Waals surface area contributed by atoms with E-state index in [1.165, 1.54) is 10.4 Å². The predicted molar refractivity (Wildman–Crippen MR) is 81.0 cm³/mol. The van der Waals surface area contributed by atoms with Crippen molar-refractivity contribution in [1.29, 1.82) is 0 Å². The topological polar surface area (TPSA) is 12.0 Å². The first-order valence-electron chi connectivity index (χ1n) is 6.24. The summed E-state index contributed by atoms with van der Waals surface area (Å²) >= 11 is 1.82. The average Bonchev–Trinajstić information content (AvgIpc) is 2.90. The number of hydrogen-bond donors (Lipinski definition) is 1. The van der Waals surface area contributed by atoms with Crippen LogP contribution in [0.3, 0.4) is 0 Å². The van der Waals surface area contributed by atoms with E-state index in [4.69, 9.17) is 0 Å². The first kappa shape index (κ1) is 13.1. The predicted octanol–water partition coefficient (Wildman–Crippen LogP) is 3.98. The quantitative estimate of drug-likeness (QED) is 0.825. The van der Waals surface area contributed by atoms with Gasteiger partial charge in [-0.25, -0.2) is 0 Å². The van der Waals surface area contributed by atoms with Gasteiger partial charge in [-0.2, -0.15) is 0 Å². The van der Waals surface area contributed by atoms with Gasteiger partial charge in [0.15, 0.2) is 0 Å². The molecule has 94 valence electrons. The zero-order chi connectivity index (χ0) is 12.8. The highest BCUT2D eigenvalue weighted by Gasteiger charge is 2.05. The minimum atomic E-state index is 0.476. The van der Waals surface area contributed by atoms with Crippen LogP contribution in [-0.4, -0.2) is 12.6 Å². The molecule has 0 fully saturated rings. The molecule has 0 bridgehead atoms. The molecule has 0 radical (unpaired) electrons. The maximum absolute atomic E-state index is 4.13. The second kappa shape index (κ2) is 6.53. The zero-order valence-electron chi connectivity index (χ0n) is 10.7. The lowest BCUT2D eigenvalue weighted by Gasteiger charge is -2.14. The van der Waals surface area contributed by atoms with Gasteiger partial charge in [-0.15, -0.1) is 11.3 Å². The third-order valence-corrected chi connectivity index (χ3v) is 3.83. The normalized spacial score (nSPS) is 12.3. The van der Waals surface area contributed by atoms with Crippen molar-refractivity contribution in [1.82, 2.24) is 5.32 Å². The molecule has 0 aliphatic heterocycles. The Morgan fingerprint density at radius 3 is 2.67 bits per heavy atom. The van der Waals surface area contributed by atoms with Crippen molar-refractivity contribution in [3.63, 3.8) is 0 Å². The number of hydrogen-bond acceptors (Lipinski definition) is 2. The van der Waals surface area contributed by atoms with Crippen LogP contribution < -0.4 is 5.32 Å². The molecule has 0 saturated heterocycles. The van der Waals surface area contributed by atoms with Gasteiger partial charge < -0.3 is 5.32 Å². The maximum Gasteiger partial charge on any atom is 0.0208 e. The van der Waals surface area contributed by atoms with Gasteiger partial charge >= 0.3 is 0 Å². The van der Waals surface area contributed by atoms with E-state index in [2.05, 4.69) is 60.6 Å². The summed E-state index contributed by atoms with van der Waals surface area (Å²) in [5.41, 5.74) is 2.36. The summed E-state index contributed by atoms with van der Waals surface area (Å²) in [5.74, 6) is 0. The molecule has 1 N–H and O–H groups in total. The summed E-state index contributed by atoms with van der Waals surface area (Å²) in [7, 11) is 0. The van der Waals surface area contributed by atoms with Crippen molar-refractivity contribution in [3.05, 3.63) is 64.9 Å². The Morgan fingerprint density at radius 2 is 2.00 bits per heavy atom. The van der Waals surface area contributed by atoms with Gasteiger partial charge in [0, 0.05) is 17.5 Å². The fraction of sp³-hybridized carbons (Fsp3) is 0.250. The highest BCUT2D eigenvalue weighted by molar-refractivity contribution is 7.09. The summed E-state index contributed by atoms with van der Waals surface area (Å²) < 4.78 is 0. The second-order valence-corrected chi connectivity index (χ2v) is 5.57. The molecule has 1 nitrogen and oxygen atoms in total. The number of rotatable bonds is 6. The Labute approximate surface area is 113 Å². The molecule has 1 unspecified atom stereocenters. The van der Waals surface area contributed by atoms with Crippen LogP contribution in [0.4, 0.5) is 0 Å². The molecule has 2 heteroatoms. The van der Waals surface area contributed by atoms with Gasteiger partial charge in [0.2, 0.25) is 0 Å². The van der Waals surface area contributed by atoms with Crippen molar-refractivity contribution >= 4 is 16.9 Å². The van der Waals surface area contributed by atoms with Crippen LogP contribution in [0.25, 0.3) is 5.57 Å². The van der Waals surface area contributed by atoms with Gasteiger partial charge in [-0.1, -0.05) is 43.0 Å². The summed E-state index contributed by atoms with van der Waals surface area (Å²) in [6, 6.07) is 15.1. The van der Waals surface area contributed by atoms with E-state index in [1.54, 1.807) is 0 Å². The molecule has 18 heavy (non-hydrogen) atoms. The third kappa shape index (κ3) is 3.83. The van der Waals surface area contributed by atoms with Crippen LogP contribution in [0.2, 0.25) is 0 Å². The number of thiophene rings is 1. The summed E-state index contributed by atoms with van der Waals surface area (Å²) in [5, 5.41) is 5.66. The van der Waals surface area contributed by atoms with Crippen LogP contribution in [0.5, 0.6) is 0 Å². The fourth-order valence-electron chi connectivity index (χ4n) is 1.88. The molecule has 1 aromatic heterocycles. The standard InChI is InChI=1S/C16H19NS/c1-13(15-7-4-3-5-8-15)12-17-14(2)11-16-9-6-10-18-16/h3-10,14,17H,1,11-12H2,2H3. The van der Waals surface area contributed by atoms with Crippen LogP contribution in [0, 0.1) is 0 Å². The lowest BCUT2D eigenvalue weighted by atomic mass is 10.1. The van der Waals surface area contributed by atoms with E-state index < -0.39 is 0 Å². The molecule has 1 heterocycles. The monoisotopic (exact) mass is 257 g/mol. The first-order valence-corrected chi connectivity index (χ1v) is 7.12. The Balaban J connectivity index is 1.79. The van der Waals surface area contributed by atoms with Gasteiger partial charge in [-0.05, 0) is 35.9 Å². The molecule has 1 aromatic carbocycles. The van der Waals surface area contributed by atoms with Crippen molar-refractivity contribution in [2.75, 3.05) is 6.54 Å². The lowest BCUT2D eigenvalue weighted by molar-refractivity contribution is 0.589. The average molecular weight is 257 g/mol. The number of benzene rings is 1. The molecule has 0 aliphatic rings. The second-order valence-electron chi connectivity index (χ2n) is 4.54. The van der Waals surface area contributed by atoms with E-state index in [-0.39, 0.29) is 0 Å². The van der Waals surface area contributed by atoms with Crippen LogP contribution in [-0.2, 0) is 6.42 Å². The maximum atomic E-state index is 4.13. The molecule has 0 amide bonds. The Kier molecular flexibility index (Phi) is 4.73. The van der Waals surface area contributed by atoms with Crippen molar-refractivity contribution in [2.45, 2.75) is 19.4 Å². The van der Waals surface area contributed by atoms with Crippen LogP contribution in [0.15, 0.2) is 54.4 Å². The van der Waals surface area contributed by atoms with Gasteiger partial charge in [0.25, 0.3) is 0 Å². The highest BCUT2D eigenvalue weighted by Crippen LogP contribution is 2.13. The molecular weight excluding hydrogens is 238 g/mol. The van der Waals surface area contributed by atoms with Gasteiger partial charge in [0.05, 0.1) is 0 Å². The molecule has 2 rings (SSSR count). The Morgan fingerprint density at radius 1 is 1.22 bits per heavy atom. The minimum Gasteiger partial charge on any atom is -0.310 e. The third-order valence-electron chi connectivity index (χ3n) is 2.93. The number of nitrogens with one attached hydrogen (secondary N) is 1. The summed E-state index contributed by atoms with van der Waals surface area (Å²) in [6.07, 6.45) is 1.08. The van der Waals surface area contributed by atoms with E-state index in [0.29, 0.717) is 6.04 Å².